The van der Waals surface area contributed by atoms with E-state index >= 15 is 0 Å². The second-order valence-corrected chi connectivity index (χ2v) is 5.78. The topological polar surface area (TPSA) is 67.2 Å². The highest BCUT2D eigenvalue weighted by atomic mass is 32.1. The first kappa shape index (κ1) is 16.1. The van der Waals surface area contributed by atoms with Gasteiger partial charge in [0.05, 0.1) is 0 Å². The van der Waals surface area contributed by atoms with Crippen LogP contribution < -0.4 is 10.6 Å². The number of hydrogen-bond acceptors (Lipinski definition) is 4. The zero-order valence-corrected chi connectivity index (χ0v) is 14.2. The Morgan fingerprint density at radius 3 is 2.79 bits per heavy atom. The highest BCUT2D eigenvalue weighted by Gasteiger charge is 2.11. The molecule has 0 fully saturated rings. The summed E-state index contributed by atoms with van der Waals surface area (Å²) in [7, 11) is 0. The number of carbonyl (C=O) groups is 1. The quantitative estimate of drug-likeness (QED) is 0.705. The Hall–Kier alpha value is -2.73. The minimum Gasteiger partial charge on any atom is -0.436 e. The maximum absolute atomic E-state index is 11.4. The van der Waals surface area contributed by atoms with Gasteiger partial charge in [0.25, 0.3) is 0 Å². The monoisotopic (exact) mass is 339 g/mol. The van der Waals surface area contributed by atoms with E-state index < -0.39 is 0 Å². The molecule has 3 aromatic rings. The molecule has 6 heteroatoms. The fourth-order valence-electron chi connectivity index (χ4n) is 2.31. The number of hydrogen-bond donors (Lipinski definition) is 2. The molecule has 122 valence electrons. The third-order valence-electron chi connectivity index (χ3n) is 3.59. The molecule has 0 saturated carbocycles. The van der Waals surface area contributed by atoms with Gasteiger partial charge in [0.15, 0.2) is 10.7 Å². The molecule has 1 aromatic heterocycles. The van der Waals surface area contributed by atoms with E-state index in [1.807, 2.05) is 49.4 Å². The van der Waals surface area contributed by atoms with Crippen molar-refractivity contribution in [2.75, 3.05) is 5.32 Å². The number of oxazole rings is 1. The number of thiocarbonyl (C=S) groups is 1. The molecule has 0 saturated heterocycles. The lowest BCUT2D eigenvalue weighted by Gasteiger charge is -2.08. The molecule has 24 heavy (non-hydrogen) atoms. The molecular weight excluding hydrogens is 322 g/mol. The van der Waals surface area contributed by atoms with Crippen molar-refractivity contribution < 1.29 is 9.21 Å². The Morgan fingerprint density at radius 1 is 1.25 bits per heavy atom. The summed E-state index contributed by atoms with van der Waals surface area (Å²) in [5.41, 5.74) is 4.23. The molecule has 1 heterocycles. The zero-order valence-electron chi connectivity index (χ0n) is 13.4. The first-order valence-electron chi connectivity index (χ1n) is 7.64. The van der Waals surface area contributed by atoms with E-state index in [4.69, 9.17) is 16.6 Å². The van der Waals surface area contributed by atoms with Crippen molar-refractivity contribution in [1.82, 2.24) is 10.3 Å². The number of anilines is 1. The summed E-state index contributed by atoms with van der Waals surface area (Å²) in [6.45, 7) is 3.79. The SMILES string of the molecule is CCC(=O)NC(=S)Nc1ccc2oc(-c3ccccc3C)nc2c1. The molecule has 0 aliphatic heterocycles. The van der Waals surface area contributed by atoms with Crippen molar-refractivity contribution in [2.24, 2.45) is 0 Å². The van der Waals surface area contributed by atoms with Crippen LogP contribution in [0.4, 0.5) is 5.69 Å². The standard InChI is InChI=1S/C18H17N3O2S/c1-3-16(22)21-18(24)19-12-8-9-15-14(10-12)20-17(23-15)13-7-5-4-6-11(13)2/h4-10H,3H2,1-2H3,(H2,19,21,22,24). The molecule has 5 nitrogen and oxygen atoms in total. The molecule has 0 unspecified atom stereocenters. The minimum atomic E-state index is -0.128. The average Bonchev–Trinajstić information content (AvgIpc) is 2.98. The van der Waals surface area contributed by atoms with Crippen molar-refractivity contribution in [2.45, 2.75) is 20.3 Å². The van der Waals surface area contributed by atoms with Gasteiger partial charge in [0.1, 0.15) is 5.52 Å². The molecule has 0 bridgehead atoms. The second kappa shape index (κ2) is 6.80. The number of aryl methyl sites for hydroxylation is 1. The minimum absolute atomic E-state index is 0.128. The summed E-state index contributed by atoms with van der Waals surface area (Å²) in [5.74, 6) is 0.457. The molecule has 1 amide bonds. The molecule has 0 aliphatic rings. The van der Waals surface area contributed by atoms with Crippen LogP contribution in [0.3, 0.4) is 0 Å². The number of aromatic nitrogens is 1. The van der Waals surface area contributed by atoms with Crippen LogP contribution in [0.15, 0.2) is 46.9 Å². The normalized spacial score (nSPS) is 10.6. The zero-order chi connectivity index (χ0) is 17.1. The summed E-state index contributed by atoms with van der Waals surface area (Å²) in [5, 5.41) is 5.85. The highest BCUT2D eigenvalue weighted by molar-refractivity contribution is 7.80. The van der Waals surface area contributed by atoms with Gasteiger partial charge in [-0.1, -0.05) is 25.1 Å². The van der Waals surface area contributed by atoms with Crippen LogP contribution in [0.25, 0.3) is 22.6 Å². The van der Waals surface area contributed by atoms with Gasteiger partial charge in [-0.15, -0.1) is 0 Å². The average molecular weight is 339 g/mol. The molecular formula is C18H17N3O2S. The fraction of sp³-hybridized carbons (Fsp3) is 0.167. The molecule has 3 rings (SSSR count). The molecule has 2 aromatic carbocycles. The van der Waals surface area contributed by atoms with Crippen LogP contribution >= 0.6 is 12.2 Å². The Labute approximate surface area is 145 Å². The van der Waals surface area contributed by atoms with E-state index in [1.165, 1.54) is 0 Å². The number of nitrogens with one attached hydrogen (secondary N) is 2. The third-order valence-corrected chi connectivity index (χ3v) is 3.80. The molecule has 0 atom stereocenters. The number of amides is 1. The number of nitrogens with zero attached hydrogens (tertiary/aromatic N) is 1. The van der Waals surface area contributed by atoms with Crippen LogP contribution in [0.2, 0.25) is 0 Å². The molecule has 0 aliphatic carbocycles. The Morgan fingerprint density at radius 2 is 2.04 bits per heavy atom. The van der Waals surface area contributed by atoms with Gasteiger partial charge in [-0.2, -0.15) is 0 Å². The van der Waals surface area contributed by atoms with E-state index in [1.54, 1.807) is 6.92 Å². The lowest BCUT2D eigenvalue weighted by atomic mass is 10.1. The van der Waals surface area contributed by atoms with Crippen LogP contribution in [0.5, 0.6) is 0 Å². The number of carbonyl (C=O) groups excluding carboxylic acids is 1. The van der Waals surface area contributed by atoms with E-state index in [-0.39, 0.29) is 11.0 Å². The van der Waals surface area contributed by atoms with Crippen LogP contribution in [-0.4, -0.2) is 16.0 Å². The van der Waals surface area contributed by atoms with E-state index in [9.17, 15) is 4.79 Å². The molecule has 0 radical (unpaired) electrons. The first-order chi connectivity index (χ1) is 11.6. The highest BCUT2D eigenvalue weighted by Crippen LogP contribution is 2.28. The van der Waals surface area contributed by atoms with Gasteiger partial charge in [-0.25, -0.2) is 4.98 Å². The van der Waals surface area contributed by atoms with Gasteiger partial charge < -0.3 is 15.1 Å². The second-order valence-electron chi connectivity index (χ2n) is 5.37. The molecule has 0 spiro atoms. The fourth-order valence-corrected chi connectivity index (χ4v) is 2.54. The summed E-state index contributed by atoms with van der Waals surface area (Å²) >= 11 is 5.11. The maximum Gasteiger partial charge on any atom is 0.227 e. The Balaban J connectivity index is 1.85. The lowest BCUT2D eigenvalue weighted by Crippen LogP contribution is -2.33. The van der Waals surface area contributed by atoms with Crippen LogP contribution in [0, 0.1) is 6.92 Å². The van der Waals surface area contributed by atoms with E-state index in [0.29, 0.717) is 17.9 Å². The molecule has 2 N–H and O–H groups in total. The summed E-state index contributed by atoms with van der Waals surface area (Å²) in [6, 6.07) is 13.4. The summed E-state index contributed by atoms with van der Waals surface area (Å²) in [6.07, 6.45) is 0.379. The Bertz CT molecular complexity index is 918. The van der Waals surface area contributed by atoms with Crippen molar-refractivity contribution in [3.8, 4) is 11.5 Å². The predicted octanol–water partition coefficient (Wildman–Crippen LogP) is 4.03. The van der Waals surface area contributed by atoms with Crippen molar-refractivity contribution in [3.63, 3.8) is 0 Å². The smallest absolute Gasteiger partial charge is 0.227 e. The third kappa shape index (κ3) is 3.44. The van der Waals surface area contributed by atoms with Crippen LogP contribution in [-0.2, 0) is 4.79 Å². The number of benzene rings is 2. The van der Waals surface area contributed by atoms with Crippen molar-refractivity contribution in [3.05, 3.63) is 48.0 Å². The largest absolute Gasteiger partial charge is 0.436 e. The summed E-state index contributed by atoms with van der Waals surface area (Å²) < 4.78 is 5.84. The first-order valence-corrected chi connectivity index (χ1v) is 8.05. The van der Waals surface area contributed by atoms with Gasteiger partial charge in [-0.05, 0) is 49.0 Å². The maximum atomic E-state index is 11.4. The van der Waals surface area contributed by atoms with Gasteiger partial charge >= 0.3 is 0 Å². The number of rotatable bonds is 3. The van der Waals surface area contributed by atoms with Gasteiger partial charge in [-0.3, -0.25) is 4.79 Å². The van der Waals surface area contributed by atoms with Crippen molar-refractivity contribution >= 4 is 40.0 Å². The van der Waals surface area contributed by atoms with Gasteiger partial charge in [0, 0.05) is 17.7 Å². The lowest BCUT2D eigenvalue weighted by molar-refractivity contribution is -0.119. The van der Waals surface area contributed by atoms with E-state index in [0.717, 1.165) is 22.3 Å². The Kier molecular flexibility index (Phi) is 4.57. The predicted molar refractivity (Wildman–Crippen MR) is 98.8 cm³/mol. The van der Waals surface area contributed by atoms with Crippen molar-refractivity contribution in [1.29, 1.82) is 0 Å². The van der Waals surface area contributed by atoms with E-state index in [2.05, 4.69) is 15.6 Å². The van der Waals surface area contributed by atoms with Gasteiger partial charge in [0.2, 0.25) is 11.8 Å². The van der Waals surface area contributed by atoms with Crippen LogP contribution in [0.1, 0.15) is 18.9 Å². The number of fused-ring (bicyclic) bond motifs is 1. The summed E-state index contributed by atoms with van der Waals surface area (Å²) in [4.78, 5) is 15.9.